The molecule has 132 valence electrons. The van der Waals surface area contributed by atoms with Gasteiger partial charge in [0.25, 0.3) is 5.91 Å². The van der Waals surface area contributed by atoms with Crippen molar-refractivity contribution in [3.05, 3.63) is 29.3 Å². The van der Waals surface area contributed by atoms with Crippen LogP contribution in [0.3, 0.4) is 0 Å². The number of aromatic nitrogens is 1. The van der Waals surface area contributed by atoms with Crippen LogP contribution in [0.4, 0.5) is 0 Å². The minimum absolute atomic E-state index is 0.0319. The number of hydrogen-bond acceptors (Lipinski definition) is 6. The van der Waals surface area contributed by atoms with E-state index in [-0.39, 0.29) is 24.2 Å². The number of thiazole rings is 1. The fraction of sp³-hybridized carbons (Fsp3) is 0.444. The lowest BCUT2D eigenvalue weighted by Crippen LogP contribution is -2.53. The summed E-state index contributed by atoms with van der Waals surface area (Å²) < 4.78 is 10.7. The minimum atomic E-state index is -0.0707. The number of ether oxygens (including phenoxy) is 2. The molecule has 1 fully saturated rings. The second-order valence-electron chi connectivity index (χ2n) is 7.21. The average Bonchev–Trinajstić information content (AvgIpc) is 3.24. The van der Waals surface area contributed by atoms with Gasteiger partial charge >= 0.3 is 0 Å². The zero-order valence-corrected chi connectivity index (χ0v) is 15.1. The van der Waals surface area contributed by atoms with Gasteiger partial charge in [-0.2, -0.15) is 0 Å². The van der Waals surface area contributed by atoms with Crippen LogP contribution in [0, 0.1) is 5.41 Å². The molecule has 0 spiro atoms. The molecule has 0 aliphatic carbocycles. The molecule has 1 aromatic heterocycles. The molecule has 1 aromatic carbocycles. The number of fused-ring (bicyclic) bond motifs is 1. The van der Waals surface area contributed by atoms with Crippen molar-refractivity contribution in [2.45, 2.75) is 26.3 Å². The lowest BCUT2D eigenvalue weighted by atomic mass is 9.79. The number of benzene rings is 1. The van der Waals surface area contributed by atoms with E-state index in [1.165, 1.54) is 11.3 Å². The van der Waals surface area contributed by atoms with Gasteiger partial charge in [-0.1, -0.05) is 13.8 Å². The lowest BCUT2D eigenvalue weighted by molar-refractivity contribution is 0.0537. The van der Waals surface area contributed by atoms with Gasteiger partial charge < -0.3 is 20.1 Å². The van der Waals surface area contributed by atoms with Gasteiger partial charge in [-0.05, 0) is 30.0 Å². The Hall–Kier alpha value is -2.12. The van der Waals surface area contributed by atoms with Gasteiger partial charge in [-0.15, -0.1) is 11.3 Å². The van der Waals surface area contributed by atoms with Crippen LogP contribution in [0.1, 0.15) is 29.9 Å². The van der Waals surface area contributed by atoms with Crippen LogP contribution in [-0.2, 0) is 0 Å². The SMILES string of the molecule is CC1(C)CN(C(=O)c2cnc(-c3ccc4c(c3)OCO4)s2)CCC1N. The monoisotopic (exact) mass is 359 g/mol. The summed E-state index contributed by atoms with van der Waals surface area (Å²) in [5.74, 6) is 1.49. The Morgan fingerprint density at radius 2 is 2.16 bits per heavy atom. The van der Waals surface area contributed by atoms with Crippen LogP contribution in [0.15, 0.2) is 24.4 Å². The van der Waals surface area contributed by atoms with Gasteiger partial charge in [0.05, 0.1) is 6.20 Å². The normalized spacial score (nSPS) is 21.4. The standard InChI is InChI=1S/C18H21N3O3S/c1-18(2)9-21(6-5-15(18)19)17(22)14-8-20-16(25-14)11-3-4-12-13(7-11)24-10-23-12/h3-4,7-8,15H,5-6,9-10,19H2,1-2H3. The summed E-state index contributed by atoms with van der Waals surface area (Å²) in [5.41, 5.74) is 7.02. The Labute approximate surface area is 150 Å². The molecule has 2 aliphatic rings. The molecule has 2 aliphatic heterocycles. The summed E-state index contributed by atoms with van der Waals surface area (Å²) in [6.45, 7) is 5.84. The first-order chi connectivity index (χ1) is 11.9. The van der Waals surface area contributed by atoms with Crippen LogP contribution in [0.2, 0.25) is 0 Å². The molecule has 0 bridgehead atoms. The van der Waals surface area contributed by atoms with Crippen molar-refractivity contribution >= 4 is 17.2 Å². The van der Waals surface area contributed by atoms with Crippen LogP contribution in [-0.4, -0.2) is 41.7 Å². The molecule has 4 rings (SSSR count). The van der Waals surface area contributed by atoms with E-state index in [1.807, 2.05) is 23.1 Å². The molecule has 6 nitrogen and oxygen atoms in total. The smallest absolute Gasteiger partial charge is 0.265 e. The van der Waals surface area contributed by atoms with Gasteiger partial charge in [0.2, 0.25) is 6.79 Å². The molecule has 1 saturated heterocycles. The molecule has 0 saturated carbocycles. The van der Waals surface area contributed by atoms with Crippen molar-refractivity contribution in [1.29, 1.82) is 0 Å². The number of nitrogens with zero attached hydrogens (tertiary/aromatic N) is 2. The summed E-state index contributed by atoms with van der Waals surface area (Å²) in [4.78, 5) is 19.8. The average molecular weight is 359 g/mol. The maximum absolute atomic E-state index is 12.8. The first kappa shape index (κ1) is 16.4. The maximum Gasteiger partial charge on any atom is 0.265 e. The van der Waals surface area contributed by atoms with E-state index in [2.05, 4.69) is 18.8 Å². The zero-order valence-electron chi connectivity index (χ0n) is 14.3. The van der Waals surface area contributed by atoms with E-state index < -0.39 is 0 Å². The molecule has 25 heavy (non-hydrogen) atoms. The van der Waals surface area contributed by atoms with Crippen molar-refractivity contribution in [2.75, 3.05) is 19.9 Å². The van der Waals surface area contributed by atoms with Gasteiger partial charge in [0.15, 0.2) is 11.5 Å². The molecule has 1 amide bonds. The zero-order chi connectivity index (χ0) is 17.6. The minimum Gasteiger partial charge on any atom is -0.454 e. The number of likely N-dealkylation sites (tertiary alicyclic amines) is 1. The van der Waals surface area contributed by atoms with Crippen LogP contribution >= 0.6 is 11.3 Å². The number of nitrogens with two attached hydrogens (primary N) is 1. The van der Waals surface area contributed by atoms with E-state index in [9.17, 15) is 4.79 Å². The molecule has 1 unspecified atom stereocenters. The number of hydrogen-bond donors (Lipinski definition) is 1. The van der Waals surface area contributed by atoms with E-state index in [1.54, 1.807) is 6.20 Å². The van der Waals surface area contributed by atoms with E-state index in [0.717, 1.165) is 22.7 Å². The molecule has 0 radical (unpaired) electrons. The summed E-state index contributed by atoms with van der Waals surface area (Å²) in [5, 5.41) is 0.801. The predicted octanol–water partition coefficient (Wildman–Crippen LogP) is 2.74. The summed E-state index contributed by atoms with van der Waals surface area (Å²) in [7, 11) is 0. The van der Waals surface area contributed by atoms with Crippen LogP contribution in [0.5, 0.6) is 11.5 Å². The Morgan fingerprint density at radius 3 is 2.96 bits per heavy atom. The van der Waals surface area contributed by atoms with Gasteiger partial charge in [-0.3, -0.25) is 4.79 Å². The molecule has 3 heterocycles. The number of carbonyl (C=O) groups excluding carboxylic acids is 1. The second kappa shape index (κ2) is 6.00. The van der Waals surface area contributed by atoms with E-state index in [4.69, 9.17) is 15.2 Å². The van der Waals surface area contributed by atoms with Gasteiger partial charge in [0.1, 0.15) is 9.88 Å². The van der Waals surface area contributed by atoms with Crippen molar-refractivity contribution in [3.63, 3.8) is 0 Å². The molecule has 7 heteroatoms. The van der Waals surface area contributed by atoms with Crippen LogP contribution < -0.4 is 15.2 Å². The first-order valence-electron chi connectivity index (χ1n) is 8.35. The summed E-state index contributed by atoms with van der Waals surface area (Å²) in [6, 6.07) is 5.83. The highest BCUT2D eigenvalue weighted by Gasteiger charge is 2.36. The highest BCUT2D eigenvalue weighted by Crippen LogP contribution is 2.37. The predicted molar refractivity (Wildman–Crippen MR) is 95.9 cm³/mol. The number of piperidine rings is 1. The van der Waals surface area contributed by atoms with Crippen LogP contribution in [0.25, 0.3) is 10.6 Å². The third kappa shape index (κ3) is 2.98. The fourth-order valence-electron chi connectivity index (χ4n) is 3.24. The van der Waals surface area contributed by atoms with Gasteiger partial charge in [0, 0.05) is 24.7 Å². The summed E-state index contributed by atoms with van der Waals surface area (Å²) in [6.07, 6.45) is 2.49. The number of carbonyl (C=O) groups is 1. The van der Waals surface area contributed by atoms with E-state index in [0.29, 0.717) is 23.7 Å². The maximum atomic E-state index is 12.8. The Morgan fingerprint density at radius 1 is 1.36 bits per heavy atom. The topological polar surface area (TPSA) is 77.7 Å². The Balaban J connectivity index is 1.54. The third-order valence-corrected chi connectivity index (χ3v) is 5.97. The summed E-state index contributed by atoms with van der Waals surface area (Å²) >= 11 is 1.40. The van der Waals surface area contributed by atoms with Crippen molar-refractivity contribution in [3.8, 4) is 22.1 Å². The second-order valence-corrected chi connectivity index (χ2v) is 8.24. The molecule has 2 N–H and O–H groups in total. The Bertz CT molecular complexity index is 818. The first-order valence-corrected chi connectivity index (χ1v) is 9.16. The molecule has 2 aromatic rings. The van der Waals surface area contributed by atoms with Crippen molar-refractivity contribution in [1.82, 2.24) is 9.88 Å². The Kier molecular flexibility index (Phi) is 3.92. The number of rotatable bonds is 2. The lowest BCUT2D eigenvalue weighted by Gasteiger charge is -2.42. The number of amides is 1. The molecular weight excluding hydrogens is 338 g/mol. The molecular formula is C18H21N3O3S. The fourth-order valence-corrected chi connectivity index (χ4v) is 4.12. The highest BCUT2D eigenvalue weighted by molar-refractivity contribution is 7.16. The third-order valence-electron chi connectivity index (χ3n) is 4.94. The largest absolute Gasteiger partial charge is 0.454 e. The van der Waals surface area contributed by atoms with Gasteiger partial charge in [-0.25, -0.2) is 4.98 Å². The van der Waals surface area contributed by atoms with E-state index >= 15 is 0 Å². The highest BCUT2D eigenvalue weighted by atomic mass is 32.1. The van der Waals surface area contributed by atoms with Crippen molar-refractivity contribution in [2.24, 2.45) is 11.1 Å². The van der Waals surface area contributed by atoms with Crippen molar-refractivity contribution < 1.29 is 14.3 Å². The quantitative estimate of drug-likeness (QED) is 0.892. The molecule has 1 atom stereocenters.